The van der Waals surface area contributed by atoms with E-state index in [0.717, 1.165) is 17.1 Å². The first-order chi connectivity index (χ1) is 7.88. The molecule has 0 aliphatic rings. The van der Waals surface area contributed by atoms with Crippen LogP contribution >= 0.6 is 0 Å². The first-order valence-corrected chi connectivity index (χ1v) is 5.14. The van der Waals surface area contributed by atoms with Gasteiger partial charge < -0.3 is 4.74 Å². The van der Waals surface area contributed by atoms with Crippen molar-refractivity contribution in [2.75, 3.05) is 0 Å². The molecule has 0 fully saturated rings. The molecule has 0 atom stereocenters. The highest BCUT2D eigenvalue weighted by atomic mass is 16.5. The molecule has 0 aliphatic carbocycles. The van der Waals surface area contributed by atoms with Crippen molar-refractivity contribution in [3.05, 3.63) is 60.2 Å². The van der Waals surface area contributed by atoms with E-state index < -0.39 is 0 Å². The fourth-order valence-corrected chi connectivity index (χ4v) is 1.42. The second-order valence-electron chi connectivity index (χ2n) is 3.44. The molecule has 3 heteroatoms. The third-order valence-electron chi connectivity index (χ3n) is 2.21. The smallest absolute Gasteiger partial charge is 0.127 e. The Balaban J connectivity index is 2.05. The number of hydrazine groups is 1. The Bertz CT molecular complexity index is 425. The molecule has 0 spiro atoms. The molecule has 0 radical (unpaired) electrons. The monoisotopic (exact) mass is 214 g/mol. The Morgan fingerprint density at radius 2 is 1.50 bits per heavy atom. The number of nitrogens with two attached hydrogens (primary N) is 1. The SMILES string of the molecule is NNCc1ccc(Oc2ccccc2)cc1. The second-order valence-corrected chi connectivity index (χ2v) is 3.44. The minimum Gasteiger partial charge on any atom is -0.457 e. The quantitative estimate of drug-likeness (QED) is 0.607. The Morgan fingerprint density at radius 1 is 0.875 bits per heavy atom. The van der Waals surface area contributed by atoms with Crippen LogP contribution in [0.2, 0.25) is 0 Å². The molecular formula is C13H14N2O. The van der Waals surface area contributed by atoms with E-state index in [2.05, 4.69) is 5.43 Å². The first kappa shape index (κ1) is 10.7. The summed E-state index contributed by atoms with van der Waals surface area (Å²) in [7, 11) is 0. The van der Waals surface area contributed by atoms with Crippen LogP contribution in [0.3, 0.4) is 0 Å². The number of nitrogens with one attached hydrogen (secondary N) is 1. The van der Waals surface area contributed by atoms with E-state index in [0.29, 0.717) is 6.54 Å². The largest absolute Gasteiger partial charge is 0.457 e. The van der Waals surface area contributed by atoms with Crippen molar-refractivity contribution in [1.82, 2.24) is 5.43 Å². The maximum absolute atomic E-state index is 5.66. The lowest BCUT2D eigenvalue weighted by Gasteiger charge is -2.06. The van der Waals surface area contributed by atoms with E-state index in [1.165, 1.54) is 0 Å². The highest BCUT2D eigenvalue weighted by Gasteiger charge is 1.96. The Morgan fingerprint density at radius 3 is 2.12 bits per heavy atom. The maximum Gasteiger partial charge on any atom is 0.127 e. The summed E-state index contributed by atoms with van der Waals surface area (Å²) in [5.74, 6) is 6.91. The summed E-state index contributed by atoms with van der Waals surface area (Å²) < 4.78 is 5.66. The van der Waals surface area contributed by atoms with Crippen LogP contribution in [0.25, 0.3) is 0 Å². The zero-order chi connectivity index (χ0) is 11.2. The third kappa shape index (κ3) is 2.82. The molecule has 0 unspecified atom stereocenters. The highest BCUT2D eigenvalue weighted by Crippen LogP contribution is 2.20. The molecule has 0 aromatic heterocycles. The standard InChI is InChI=1S/C13H14N2O/c14-15-10-11-6-8-13(9-7-11)16-12-4-2-1-3-5-12/h1-9,15H,10,14H2. The summed E-state index contributed by atoms with van der Waals surface area (Å²) in [5, 5.41) is 0. The molecule has 0 heterocycles. The van der Waals surface area contributed by atoms with Gasteiger partial charge in [0.15, 0.2) is 0 Å². The molecule has 2 aromatic carbocycles. The number of hydrogen-bond acceptors (Lipinski definition) is 3. The molecule has 2 aromatic rings. The second kappa shape index (κ2) is 5.30. The van der Waals surface area contributed by atoms with Crippen LogP contribution in [-0.2, 0) is 6.54 Å². The van der Waals surface area contributed by atoms with Gasteiger partial charge in [-0.25, -0.2) is 0 Å². The molecule has 0 bridgehead atoms. The molecule has 0 aliphatic heterocycles. The third-order valence-corrected chi connectivity index (χ3v) is 2.21. The summed E-state index contributed by atoms with van der Waals surface area (Å²) in [6.45, 7) is 0.658. The molecule has 0 saturated heterocycles. The van der Waals surface area contributed by atoms with Gasteiger partial charge in [-0.15, -0.1) is 0 Å². The minimum absolute atomic E-state index is 0.658. The summed E-state index contributed by atoms with van der Waals surface area (Å²) in [6, 6.07) is 17.5. The molecule has 2 rings (SSSR count). The first-order valence-electron chi connectivity index (χ1n) is 5.14. The van der Waals surface area contributed by atoms with Crippen molar-refractivity contribution in [2.24, 2.45) is 5.84 Å². The van der Waals surface area contributed by atoms with Gasteiger partial charge in [0, 0.05) is 6.54 Å². The lowest BCUT2D eigenvalue weighted by atomic mass is 10.2. The predicted octanol–water partition coefficient (Wildman–Crippen LogP) is 2.44. The van der Waals surface area contributed by atoms with Crippen molar-refractivity contribution in [3.63, 3.8) is 0 Å². The van der Waals surface area contributed by atoms with Crippen molar-refractivity contribution in [2.45, 2.75) is 6.54 Å². The topological polar surface area (TPSA) is 47.3 Å². The minimum atomic E-state index is 0.658. The van der Waals surface area contributed by atoms with Crippen LogP contribution in [0.1, 0.15) is 5.56 Å². The average molecular weight is 214 g/mol. The Labute approximate surface area is 94.8 Å². The van der Waals surface area contributed by atoms with Gasteiger partial charge >= 0.3 is 0 Å². The summed E-state index contributed by atoms with van der Waals surface area (Å²) >= 11 is 0. The van der Waals surface area contributed by atoms with Crippen LogP contribution < -0.4 is 16.0 Å². The van der Waals surface area contributed by atoms with Gasteiger partial charge in [-0.2, -0.15) is 0 Å². The van der Waals surface area contributed by atoms with Gasteiger partial charge in [-0.05, 0) is 29.8 Å². The van der Waals surface area contributed by atoms with Crippen LogP contribution in [0.5, 0.6) is 11.5 Å². The van der Waals surface area contributed by atoms with Crippen molar-refractivity contribution >= 4 is 0 Å². The van der Waals surface area contributed by atoms with E-state index in [1.807, 2.05) is 54.6 Å². The van der Waals surface area contributed by atoms with Crippen LogP contribution in [-0.4, -0.2) is 0 Å². The maximum atomic E-state index is 5.66. The molecule has 0 amide bonds. The zero-order valence-corrected chi connectivity index (χ0v) is 8.89. The van der Waals surface area contributed by atoms with Crippen LogP contribution in [0, 0.1) is 0 Å². The Kier molecular flexibility index (Phi) is 3.53. The summed E-state index contributed by atoms with van der Waals surface area (Å²) in [4.78, 5) is 0. The van der Waals surface area contributed by atoms with Gasteiger partial charge in [0.25, 0.3) is 0 Å². The Hall–Kier alpha value is -1.84. The van der Waals surface area contributed by atoms with Crippen LogP contribution in [0.4, 0.5) is 0 Å². The number of hydrogen-bond donors (Lipinski definition) is 2. The van der Waals surface area contributed by atoms with E-state index >= 15 is 0 Å². The van der Waals surface area contributed by atoms with E-state index in [4.69, 9.17) is 10.6 Å². The zero-order valence-electron chi connectivity index (χ0n) is 8.89. The van der Waals surface area contributed by atoms with Crippen molar-refractivity contribution < 1.29 is 4.74 Å². The van der Waals surface area contributed by atoms with E-state index in [9.17, 15) is 0 Å². The van der Waals surface area contributed by atoms with E-state index in [-0.39, 0.29) is 0 Å². The predicted molar refractivity (Wildman–Crippen MR) is 64.0 cm³/mol. The molecule has 3 nitrogen and oxygen atoms in total. The van der Waals surface area contributed by atoms with Crippen molar-refractivity contribution in [1.29, 1.82) is 0 Å². The van der Waals surface area contributed by atoms with Gasteiger partial charge in [0.1, 0.15) is 11.5 Å². The van der Waals surface area contributed by atoms with Gasteiger partial charge in [-0.1, -0.05) is 30.3 Å². The number of ether oxygens (including phenoxy) is 1. The van der Waals surface area contributed by atoms with Gasteiger partial charge in [0.05, 0.1) is 0 Å². The van der Waals surface area contributed by atoms with Crippen LogP contribution in [0.15, 0.2) is 54.6 Å². The number of rotatable bonds is 4. The average Bonchev–Trinajstić information content (AvgIpc) is 2.33. The normalized spacial score (nSPS) is 10.1. The molecule has 16 heavy (non-hydrogen) atoms. The molecular weight excluding hydrogens is 200 g/mol. The van der Waals surface area contributed by atoms with Crippen molar-refractivity contribution in [3.8, 4) is 11.5 Å². The summed E-state index contributed by atoms with van der Waals surface area (Å²) in [5.41, 5.74) is 3.74. The lowest BCUT2D eigenvalue weighted by Crippen LogP contribution is -2.20. The lowest BCUT2D eigenvalue weighted by molar-refractivity contribution is 0.482. The number of para-hydroxylation sites is 1. The molecule has 3 N–H and O–H groups in total. The molecule has 82 valence electrons. The van der Waals surface area contributed by atoms with Gasteiger partial charge in [0.2, 0.25) is 0 Å². The van der Waals surface area contributed by atoms with Gasteiger partial charge in [-0.3, -0.25) is 11.3 Å². The fraction of sp³-hybridized carbons (Fsp3) is 0.0769. The summed E-state index contributed by atoms with van der Waals surface area (Å²) in [6.07, 6.45) is 0. The molecule has 0 saturated carbocycles. The fourth-order valence-electron chi connectivity index (χ4n) is 1.42. The highest BCUT2D eigenvalue weighted by molar-refractivity contribution is 5.32. The van der Waals surface area contributed by atoms with E-state index in [1.54, 1.807) is 0 Å². The number of benzene rings is 2.